The number of hydrogen-bond acceptors (Lipinski definition) is 1. The van der Waals surface area contributed by atoms with E-state index in [9.17, 15) is 4.79 Å². The van der Waals surface area contributed by atoms with Crippen molar-refractivity contribution >= 4 is 6.03 Å². The Kier molecular flexibility index (Phi) is 2.37. The van der Waals surface area contributed by atoms with Crippen molar-refractivity contribution in [1.29, 1.82) is 0 Å². The van der Waals surface area contributed by atoms with Gasteiger partial charge in [0.05, 0.1) is 0 Å². The first-order valence-electron chi connectivity index (χ1n) is 6.64. The number of carbonyl (C=O) groups is 1. The van der Waals surface area contributed by atoms with Crippen LogP contribution in [-0.4, -0.2) is 31.1 Å². The van der Waals surface area contributed by atoms with Crippen LogP contribution < -0.4 is 5.32 Å². The van der Waals surface area contributed by atoms with Gasteiger partial charge in [-0.3, -0.25) is 0 Å². The lowest BCUT2D eigenvalue weighted by Crippen LogP contribution is -2.46. The standard InChI is InChI=1S/C13H22N2O/c1-15(2)13(16)14-12-7-8-6-11(12)10-5-3-4-9(8)10/h8-12H,3-7H2,1-2H3,(H,14,16)/t8-,9-,10-,11+,12-/m1/s1. The molecule has 0 aromatic heterocycles. The second-order valence-corrected chi connectivity index (χ2v) is 6.10. The quantitative estimate of drug-likeness (QED) is 0.724. The molecular weight excluding hydrogens is 200 g/mol. The minimum absolute atomic E-state index is 0.0899. The molecule has 3 rings (SSSR count). The number of urea groups is 1. The Bertz CT molecular complexity index is 302. The number of hydrogen-bond donors (Lipinski definition) is 1. The zero-order valence-corrected chi connectivity index (χ0v) is 10.3. The zero-order valence-electron chi connectivity index (χ0n) is 10.3. The highest BCUT2D eigenvalue weighted by Crippen LogP contribution is 2.58. The van der Waals surface area contributed by atoms with Crippen molar-refractivity contribution in [3.8, 4) is 0 Å². The maximum Gasteiger partial charge on any atom is 0.317 e. The van der Waals surface area contributed by atoms with Gasteiger partial charge in [0.15, 0.2) is 0 Å². The first kappa shape index (κ1) is 10.4. The molecule has 3 aliphatic rings. The van der Waals surface area contributed by atoms with Crippen LogP contribution in [0.4, 0.5) is 4.79 Å². The van der Waals surface area contributed by atoms with Crippen LogP contribution in [0.1, 0.15) is 32.1 Å². The number of nitrogens with zero attached hydrogens (tertiary/aromatic N) is 1. The van der Waals surface area contributed by atoms with Gasteiger partial charge in [-0.25, -0.2) is 4.79 Å². The summed E-state index contributed by atoms with van der Waals surface area (Å²) in [6.45, 7) is 0. The Labute approximate surface area is 97.6 Å². The van der Waals surface area contributed by atoms with Crippen LogP contribution in [0.5, 0.6) is 0 Å². The van der Waals surface area contributed by atoms with E-state index in [2.05, 4.69) is 5.32 Å². The molecule has 3 fully saturated rings. The van der Waals surface area contributed by atoms with E-state index in [-0.39, 0.29) is 6.03 Å². The fourth-order valence-electron chi connectivity index (χ4n) is 4.52. The number of carbonyl (C=O) groups excluding carboxylic acids is 1. The fraction of sp³-hybridized carbons (Fsp3) is 0.923. The van der Waals surface area contributed by atoms with Crippen LogP contribution in [-0.2, 0) is 0 Å². The highest BCUT2D eigenvalue weighted by atomic mass is 16.2. The largest absolute Gasteiger partial charge is 0.335 e. The predicted octanol–water partition coefficient (Wildman–Crippen LogP) is 2.08. The molecule has 0 saturated heterocycles. The van der Waals surface area contributed by atoms with Crippen molar-refractivity contribution < 1.29 is 4.79 Å². The van der Waals surface area contributed by atoms with E-state index in [1.54, 1.807) is 4.90 Å². The molecule has 90 valence electrons. The summed E-state index contributed by atoms with van der Waals surface area (Å²) in [7, 11) is 3.64. The van der Waals surface area contributed by atoms with Gasteiger partial charge in [-0.2, -0.15) is 0 Å². The SMILES string of the molecule is CN(C)C(=O)N[C@@H]1C[C@H]2C[C@H]1[C@@H]1CCC[C@H]21. The molecule has 0 heterocycles. The summed E-state index contributed by atoms with van der Waals surface area (Å²) in [6.07, 6.45) is 6.93. The van der Waals surface area contributed by atoms with E-state index < -0.39 is 0 Å². The molecule has 16 heavy (non-hydrogen) atoms. The van der Waals surface area contributed by atoms with Gasteiger partial charge in [-0.15, -0.1) is 0 Å². The third-order valence-electron chi connectivity index (χ3n) is 5.14. The summed E-state index contributed by atoms with van der Waals surface area (Å²) in [5.41, 5.74) is 0. The molecule has 0 spiro atoms. The lowest BCUT2D eigenvalue weighted by Gasteiger charge is -2.32. The number of nitrogens with one attached hydrogen (secondary N) is 1. The van der Waals surface area contributed by atoms with Gasteiger partial charge in [0.25, 0.3) is 0 Å². The van der Waals surface area contributed by atoms with Crippen LogP contribution in [0.25, 0.3) is 0 Å². The molecule has 3 nitrogen and oxygen atoms in total. The van der Waals surface area contributed by atoms with Crippen molar-refractivity contribution in [2.75, 3.05) is 14.1 Å². The second-order valence-electron chi connectivity index (χ2n) is 6.10. The predicted molar refractivity (Wildman–Crippen MR) is 63.1 cm³/mol. The topological polar surface area (TPSA) is 32.3 Å². The second kappa shape index (κ2) is 3.64. The third-order valence-corrected chi connectivity index (χ3v) is 5.14. The van der Waals surface area contributed by atoms with E-state index in [1.807, 2.05) is 14.1 Å². The Morgan fingerprint density at radius 2 is 1.88 bits per heavy atom. The van der Waals surface area contributed by atoms with E-state index in [0.717, 1.165) is 23.7 Å². The Balaban J connectivity index is 1.66. The van der Waals surface area contributed by atoms with Crippen molar-refractivity contribution in [2.24, 2.45) is 23.7 Å². The van der Waals surface area contributed by atoms with Gasteiger partial charge in [0.2, 0.25) is 0 Å². The van der Waals surface area contributed by atoms with Gasteiger partial charge >= 0.3 is 6.03 Å². The van der Waals surface area contributed by atoms with Crippen LogP contribution in [0.2, 0.25) is 0 Å². The minimum atomic E-state index is 0.0899. The number of fused-ring (bicyclic) bond motifs is 5. The molecule has 2 amide bonds. The highest BCUT2D eigenvalue weighted by Gasteiger charge is 2.54. The minimum Gasteiger partial charge on any atom is -0.335 e. The van der Waals surface area contributed by atoms with Crippen molar-refractivity contribution in [3.05, 3.63) is 0 Å². The van der Waals surface area contributed by atoms with Crippen molar-refractivity contribution in [1.82, 2.24) is 10.2 Å². The normalized spacial score (nSPS) is 44.5. The summed E-state index contributed by atoms with van der Waals surface area (Å²) < 4.78 is 0. The Morgan fingerprint density at radius 1 is 1.12 bits per heavy atom. The molecule has 3 heteroatoms. The molecule has 5 atom stereocenters. The molecule has 0 aromatic carbocycles. The lowest BCUT2D eigenvalue weighted by molar-refractivity contribution is 0.184. The summed E-state index contributed by atoms with van der Waals surface area (Å²) in [5, 5.41) is 3.21. The average Bonchev–Trinajstić information content (AvgIpc) is 2.87. The van der Waals surface area contributed by atoms with Gasteiger partial charge in [0, 0.05) is 20.1 Å². The molecule has 2 bridgehead atoms. The maximum absolute atomic E-state index is 11.7. The van der Waals surface area contributed by atoms with Crippen LogP contribution >= 0.6 is 0 Å². The van der Waals surface area contributed by atoms with Crippen LogP contribution in [0.3, 0.4) is 0 Å². The molecule has 0 radical (unpaired) electrons. The lowest BCUT2D eigenvalue weighted by atomic mass is 9.79. The van der Waals surface area contributed by atoms with E-state index in [1.165, 1.54) is 32.1 Å². The smallest absolute Gasteiger partial charge is 0.317 e. The summed E-state index contributed by atoms with van der Waals surface area (Å²) in [4.78, 5) is 13.3. The highest BCUT2D eigenvalue weighted by molar-refractivity contribution is 5.73. The molecule has 0 aromatic rings. The van der Waals surface area contributed by atoms with Gasteiger partial charge in [-0.05, 0) is 49.4 Å². The molecular formula is C13H22N2O. The number of rotatable bonds is 1. The van der Waals surface area contributed by atoms with Gasteiger partial charge < -0.3 is 10.2 Å². The Morgan fingerprint density at radius 3 is 2.62 bits per heavy atom. The first-order valence-corrected chi connectivity index (χ1v) is 6.64. The zero-order chi connectivity index (χ0) is 11.3. The van der Waals surface area contributed by atoms with Crippen LogP contribution in [0, 0.1) is 23.7 Å². The van der Waals surface area contributed by atoms with Crippen LogP contribution in [0.15, 0.2) is 0 Å². The van der Waals surface area contributed by atoms with Crippen molar-refractivity contribution in [2.45, 2.75) is 38.1 Å². The third kappa shape index (κ3) is 1.44. The Hall–Kier alpha value is -0.730. The van der Waals surface area contributed by atoms with Crippen molar-refractivity contribution in [3.63, 3.8) is 0 Å². The molecule has 1 N–H and O–H groups in total. The summed E-state index contributed by atoms with van der Waals surface area (Å²) in [5.74, 6) is 3.66. The summed E-state index contributed by atoms with van der Waals surface area (Å²) >= 11 is 0. The molecule has 0 unspecified atom stereocenters. The fourth-order valence-corrected chi connectivity index (χ4v) is 4.52. The van der Waals surface area contributed by atoms with E-state index in [4.69, 9.17) is 0 Å². The van der Waals surface area contributed by atoms with E-state index >= 15 is 0 Å². The van der Waals surface area contributed by atoms with Gasteiger partial charge in [-0.1, -0.05) is 6.42 Å². The average molecular weight is 222 g/mol. The van der Waals surface area contributed by atoms with E-state index in [0.29, 0.717) is 6.04 Å². The molecule has 0 aliphatic heterocycles. The first-order chi connectivity index (χ1) is 7.66. The van der Waals surface area contributed by atoms with Gasteiger partial charge in [0.1, 0.15) is 0 Å². The molecule has 3 aliphatic carbocycles. The maximum atomic E-state index is 11.7. The number of amides is 2. The summed E-state index contributed by atoms with van der Waals surface area (Å²) in [6, 6.07) is 0.561. The molecule has 3 saturated carbocycles. The monoisotopic (exact) mass is 222 g/mol.